The molecule has 6 heteroatoms. The highest BCUT2D eigenvalue weighted by atomic mass is 32.1. The summed E-state index contributed by atoms with van der Waals surface area (Å²) in [5, 5.41) is 9.35. The maximum atomic E-state index is 9.35. The third kappa shape index (κ3) is 3.19. The summed E-state index contributed by atoms with van der Waals surface area (Å²) >= 11 is 1.71. The van der Waals surface area contributed by atoms with Crippen LogP contribution in [0, 0.1) is 13.8 Å². The van der Waals surface area contributed by atoms with Gasteiger partial charge in [-0.15, -0.1) is 11.3 Å². The van der Waals surface area contributed by atoms with Gasteiger partial charge in [-0.1, -0.05) is 6.07 Å². The van der Waals surface area contributed by atoms with Gasteiger partial charge >= 0.3 is 0 Å². The molecule has 0 amide bonds. The van der Waals surface area contributed by atoms with Crippen molar-refractivity contribution >= 4 is 16.3 Å². The highest BCUT2D eigenvalue weighted by Gasteiger charge is 2.15. The summed E-state index contributed by atoms with van der Waals surface area (Å²) in [6.45, 7) is 6.45. The SMILES string of the molecule is Cc1cn2c(CN(CCO)Cc3cccnc3)c(C)nc2s1. The Bertz CT molecular complexity index is 750. The summed E-state index contributed by atoms with van der Waals surface area (Å²) in [6.07, 6.45) is 5.78. The zero-order valence-electron chi connectivity index (χ0n) is 12.9. The minimum Gasteiger partial charge on any atom is -0.395 e. The zero-order chi connectivity index (χ0) is 15.5. The summed E-state index contributed by atoms with van der Waals surface area (Å²) in [6, 6.07) is 4.00. The molecule has 0 aliphatic heterocycles. The average molecular weight is 316 g/mol. The second kappa shape index (κ2) is 6.56. The van der Waals surface area contributed by atoms with E-state index in [1.165, 1.54) is 10.6 Å². The molecule has 3 aromatic heterocycles. The Hall–Kier alpha value is -1.76. The molecule has 1 N–H and O–H groups in total. The average Bonchev–Trinajstić information content (AvgIpc) is 2.98. The van der Waals surface area contributed by atoms with E-state index in [0.717, 1.165) is 29.3 Å². The van der Waals surface area contributed by atoms with Crippen molar-refractivity contribution < 1.29 is 5.11 Å². The van der Waals surface area contributed by atoms with Crippen molar-refractivity contribution in [1.82, 2.24) is 19.3 Å². The molecule has 0 saturated heterocycles. The predicted molar refractivity (Wildman–Crippen MR) is 88.0 cm³/mol. The summed E-state index contributed by atoms with van der Waals surface area (Å²) < 4.78 is 2.17. The molecule has 22 heavy (non-hydrogen) atoms. The zero-order valence-corrected chi connectivity index (χ0v) is 13.7. The van der Waals surface area contributed by atoms with Gasteiger partial charge in [0, 0.05) is 43.1 Å². The lowest BCUT2D eigenvalue weighted by molar-refractivity contribution is 0.182. The van der Waals surface area contributed by atoms with Crippen LogP contribution in [-0.4, -0.2) is 37.5 Å². The maximum absolute atomic E-state index is 9.35. The Labute approximate surface area is 133 Å². The molecule has 0 bridgehead atoms. The molecule has 0 fully saturated rings. The molecule has 0 aromatic carbocycles. The van der Waals surface area contributed by atoms with Crippen LogP contribution in [0.2, 0.25) is 0 Å². The number of aryl methyl sites for hydroxylation is 2. The third-order valence-corrected chi connectivity index (χ3v) is 4.56. The van der Waals surface area contributed by atoms with E-state index in [2.05, 4.69) is 38.5 Å². The van der Waals surface area contributed by atoms with Gasteiger partial charge in [-0.25, -0.2) is 4.98 Å². The first-order chi connectivity index (χ1) is 10.7. The molecule has 3 heterocycles. The lowest BCUT2D eigenvalue weighted by Crippen LogP contribution is -2.27. The van der Waals surface area contributed by atoms with Crippen molar-refractivity contribution in [3.63, 3.8) is 0 Å². The summed E-state index contributed by atoms with van der Waals surface area (Å²) in [5.74, 6) is 0. The molecule has 0 atom stereocenters. The molecule has 116 valence electrons. The first-order valence-electron chi connectivity index (χ1n) is 7.33. The molecular formula is C16H20N4OS. The molecule has 0 aliphatic carbocycles. The molecule has 0 radical (unpaired) electrons. The fraction of sp³-hybridized carbons (Fsp3) is 0.375. The molecular weight excluding hydrogens is 296 g/mol. The molecule has 0 spiro atoms. The predicted octanol–water partition coefficient (Wildman–Crippen LogP) is 2.40. The van der Waals surface area contributed by atoms with Crippen molar-refractivity contribution in [1.29, 1.82) is 0 Å². The van der Waals surface area contributed by atoms with Crippen LogP contribution in [0.25, 0.3) is 4.96 Å². The number of pyridine rings is 1. The number of hydrogen-bond donors (Lipinski definition) is 1. The van der Waals surface area contributed by atoms with E-state index in [4.69, 9.17) is 0 Å². The van der Waals surface area contributed by atoms with Gasteiger partial charge in [0.15, 0.2) is 4.96 Å². The third-order valence-electron chi connectivity index (χ3n) is 3.66. The van der Waals surface area contributed by atoms with E-state index in [-0.39, 0.29) is 6.61 Å². The quantitative estimate of drug-likeness (QED) is 0.759. The van der Waals surface area contributed by atoms with Crippen LogP contribution in [0.3, 0.4) is 0 Å². The monoisotopic (exact) mass is 316 g/mol. The van der Waals surface area contributed by atoms with Crippen molar-refractivity contribution in [2.24, 2.45) is 0 Å². The number of aromatic nitrogens is 3. The minimum atomic E-state index is 0.143. The van der Waals surface area contributed by atoms with Crippen LogP contribution in [0.15, 0.2) is 30.7 Å². The molecule has 3 rings (SSSR count). The van der Waals surface area contributed by atoms with Crippen LogP contribution in [-0.2, 0) is 13.1 Å². The summed E-state index contributed by atoms with van der Waals surface area (Å²) in [4.78, 5) is 13.3. The number of thiazole rings is 1. The van der Waals surface area contributed by atoms with Gasteiger partial charge in [0.1, 0.15) is 0 Å². The summed E-state index contributed by atoms with van der Waals surface area (Å²) in [7, 11) is 0. The van der Waals surface area contributed by atoms with Crippen LogP contribution >= 0.6 is 11.3 Å². The van der Waals surface area contributed by atoms with Crippen LogP contribution in [0.5, 0.6) is 0 Å². The Balaban J connectivity index is 1.84. The largest absolute Gasteiger partial charge is 0.395 e. The van der Waals surface area contributed by atoms with Gasteiger partial charge in [0.05, 0.1) is 18.0 Å². The fourth-order valence-corrected chi connectivity index (χ4v) is 3.51. The molecule has 3 aromatic rings. The molecule has 0 unspecified atom stereocenters. The van der Waals surface area contributed by atoms with E-state index in [9.17, 15) is 5.11 Å². The van der Waals surface area contributed by atoms with Crippen LogP contribution < -0.4 is 0 Å². The van der Waals surface area contributed by atoms with E-state index >= 15 is 0 Å². The van der Waals surface area contributed by atoms with Crippen LogP contribution in [0.4, 0.5) is 0 Å². The van der Waals surface area contributed by atoms with Gasteiger partial charge in [0.2, 0.25) is 0 Å². The van der Waals surface area contributed by atoms with Gasteiger partial charge in [-0.3, -0.25) is 14.3 Å². The second-order valence-corrected chi connectivity index (χ2v) is 6.65. The van der Waals surface area contributed by atoms with Gasteiger partial charge < -0.3 is 5.11 Å². The molecule has 0 aliphatic rings. The first kappa shape index (κ1) is 15.1. The van der Waals surface area contributed by atoms with E-state index in [1.54, 1.807) is 17.5 Å². The van der Waals surface area contributed by atoms with Crippen molar-refractivity contribution in [2.45, 2.75) is 26.9 Å². The highest BCUT2D eigenvalue weighted by molar-refractivity contribution is 7.17. The second-order valence-electron chi connectivity index (χ2n) is 5.43. The van der Waals surface area contributed by atoms with Crippen molar-refractivity contribution in [3.8, 4) is 0 Å². The highest BCUT2D eigenvalue weighted by Crippen LogP contribution is 2.22. The number of aliphatic hydroxyl groups excluding tert-OH is 1. The lowest BCUT2D eigenvalue weighted by Gasteiger charge is -2.21. The number of aliphatic hydroxyl groups is 1. The van der Waals surface area contributed by atoms with E-state index in [0.29, 0.717) is 6.54 Å². The lowest BCUT2D eigenvalue weighted by atomic mass is 10.2. The van der Waals surface area contributed by atoms with Gasteiger partial charge in [-0.05, 0) is 25.5 Å². The van der Waals surface area contributed by atoms with Crippen molar-refractivity contribution in [3.05, 3.63) is 52.6 Å². The Morgan fingerprint density at radius 1 is 1.32 bits per heavy atom. The summed E-state index contributed by atoms with van der Waals surface area (Å²) in [5.41, 5.74) is 3.40. The van der Waals surface area contributed by atoms with Gasteiger partial charge in [0.25, 0.3) is 0 Å². The number of rotatable bonds is 6. The molecule has 5 nitrogen and oxygen atoms in total. The first-order valence-corrected chi connectivity index (χ1v) is 8.15. The normalized spacial score (nSPS) is 11.6. The Kier molecular flexibility index (Phi) is 4.52. The van der Waals surface area contributed by atoms with Gasteiger partial charge in [-0.2, -0.15) is 0 Å². The number of hydrogen-bond acceptors (Lipinski definition) is 5. The number of imidazole rings is 1. The fourth-order valence-electron chi connectivity index (χ4n) is 2.62. The number of nitrogens with zero attached hydrogens (tertiary/aromatic N) is 4. The van der Waals surface area contributed by atoms with E-state index < -0.39 is 0 Å². The maximum Gasteiger partial charge on any atom is 0.194 e. The Morgan fingerprint density at radius 3 is 2.91 bits per heavy atom. The van der Waals surface area contributed by atoms with Crippen LogP contribution in [0.1, 0.15) is 21.8 Å². The van der Waals surface area contributed by atoms with E-state index in [1.807, 2.05) is 19.2 Å². The topological polar surface area (TPSA) is 53.7 Å². The molecule has 0 saturated carbocycles. The minimum absolute atomic E-state index is 0.143. The van der Waals surface area contributed by atoms with Crippen molar-refractivity contribution in [2.75, 3.05) is 13.2 Å². The standard InChI is InChI=1S/C16H20N4OS/c1-12-9-20-15(13(2)18-16(20)22-12)11-19(6-7-21)10-14-4-3-5-17-8-14/h3-5,8-9,21H,6-7,10-11H2,1-2H3. The Morgan fingerprint density at radius 2 is 2.18 bits per heavy atom. The smallest absolute Gasteiger partial charge is 0.194 e. The number of fused-ring (bicyclic) bond motifs is 1.